The number of benzene rings is 2. The number of rotatable bonds is 3. The summed E-state index contributed by atoms with van der Waals surface area (Å²) in [7, 11) is -3.69. The normalized spacial score (nSPS) is 15.9. The van der Waals surface area contributed by atoms with Gasteiger partial charge in [0.1, 0.15) is 10.7 Å². The first-order valence-electron chi connectivity index (χ1n) is 8.93. The number of aryl methyl sites for hydroxylation is 1. The highest BCUT2D eigenvalue weighted by molar-refractivity contribution is 7.89. The standard InChI is InChI=1S/C20H19Cl2N3O2S/c1-14-12-20(23-18-5-3-2-4-16(14)18)24-8-10-25(11-9-24)28(26,27)19-13-15(21)6-7-17(19)22/h2-7,12-13H,8-11H2,1H3. The Bertz CT molecular complexity index is 1140. The van der Waals surface area contributed by atoms with Crippen molar-refractivity contribution >= 4 is 49.9 Å². The van der Waals surface area contributed by atoms with E-state index in [4.69, 9.17) is 28.2 Å². The van der Waals surface area contributed by atoms with E-state index >= 15 is 0 Å². The summed E-state index contributed by atoms with van der Waals surface area (Å²) in [4.78, 5) is 6.92. The Morgan fingerprint density at radius 2 is 1.68 bits per heavy atom. The minimum atomic E-state index is -3.69. The van der Waals surface area contributed by atoms with Crippen molar-refractivity contribution in [3.8, 4) is 0 Å². The van der Waals surface area contributed by atoms with Crippen LogP contribution >= 0.6 is 23.2 Å². The van der Waals surface area contributed by atoms with Gasteiger partial charge in [0.25, 0.3) is 0 Å². The number of fused-ring (bicyclic) bond motifs is 1. The van der Waals surface area contributed by atoms with Gasteiger partial charge in [-0.15, -0.1) is 0 Å². The Morgan fingerprint density at radius 3 is 2.43 bits per heavy atom. The van der Waals surface area contributed by atoms with Gasteiger partial charge >= 0.3 is 0 Å². The fourth-order valence-corrected chi connectivity index (χ4v) is 5.62. The maximum atomic E-state index is 13.0. The van der Waals surface area contributed by atoms with Crippen LogP contribution in [0.2, 0.25) is 10.0 Å². The summed E-state index contributed by atoms with van der Waals surface area (Å²) >= 11 is 12.1. The molecule has 0 atom stereocenters. The van der Waals surface area contributed by atoms with Crippen molar-refractivity contribution in [3.63, 3.8) is 0 Å². The van der Waals surface area contributed by atoms with Gasteiger partial charge in [-0.2, -0.15) is 4.31 Å². The van der Waals surface area contributed by atoms with Crippen molar-refractivity contribution in [1.82, 2.24) is 9.29 Å². The number of para-hydroxylation sites is 1. The first-order valence-corrected chi connectivity index (χ1v) is 11.1. The Kier molecular flexibility index (Phi) is 5.22. The molecule has 1 aromatic heterocycles. The smallest absolute Gasteiger partial charge is 0.244 e. The number of halogens is 2. The van der Waals surface area contributed by atoms with Crippen LogP contribution in [-0.2, 0) is 10.0 Å². The predicted molar refractivity (Wildman–Crippen MR) is 114 cm³/mol. The second-order valence-corrected chi connectivity index (χ2v) is 9.53. The number of pyridine rings is 1. The van der Waals surface area contributed by atoms with Crippen molar-refractivity contribution in [3.05, 3.63) is 64.1 Å². The van der Waals surface area contributed by atoms with Crippen LogP contribution in [0.1, 0.15) is 5.56 Å². The molecule has 5 nitrogen and oxygen atoms in total. The molecule has 1 saturated heterocycles. The van der Waals surface area contributed by atoms with Gasteiger partial charge in [-0.05, 0) is 42.8 Å². The fraction of sp³-hybridized carbons (Fsp3) is 0.250. The second kappa shape index (κ2) is 7.52. The molecule has 0 radical (unpaired) electrons. The van der Waals surface area contributed by atoms with Crippen LogP contribution in [0, 0.1) is 6.92 Å². The highest BCUT2D eigenvalue weighted by Crippen LogP contribution is 2.29. The summed E-state index contributed by atoms with van der Waals surface area (Å²) in [5.41, 5.74) is 2.10. The Hall–Kier alpha value is -1.86. The van der Waals surface area contributed by atoms with Gasteiger partial charge in [0.2, 0.25) is 10.0 Å². The van der Waals surface area contributed by atoms with Gasteiger partial charge in [0.05, 0.1) is 10.5 Å². The van der Waals surface area contributed by atoms with Gasteiger partial charge in [-0.1, -0.05) is 41.4 Å². The van der Waals surface area contributed by atoms with E-state index in [1.165, 1.54) is 16.4 Å². The summed E-state index contributed by atoms with van der Waals surface area (Å²) in [6.07, 6.45) is 0. The third kappa shape index (κ3) is 3.57. The van der Waals surface area contributed by atoms with Crippen LogP contribution in [0.15, 0.2) is 53.4 Å². The Balaban J connectivity index is 1.56. The third-order valence-electron chi connectivity index (χ3n) is 4.98. The van der Waals surface area contributed by atoms with Crippen molar-refractivity contribution < 1.29 is 8.42 Å². The number of piperazine rings is 1. The molecule has 8 heteroatoms. The molecule has 1 aliphatic rings. The number of aromatic nitrogens is 1. The first kappa shape index (κ1) is 19.5. The van der Waals surface area contributed by atoms with E-state index in [2.05, 4.69) is 24.0 Å². The van der Waals surface area contributed by atoms with Gasteiger partial charge < -0.3 is 4.90 Å². The Labute approximate surface area is 174 Å². The molecule has 2 aromatic carbocycles. The molecule has 28 heavy (non-hydrogen) atoms. The van der Waals surface area contributed by atoms with E-state index in [9.17, 15) is 8.42 Å². The molecule has 0 spiro atoms. The van der Waals surface area contributed by atoms with E-state index < -0.39 is 10.0 Å². The topological polar surface area (TPSA) is 53.5 Å². The quantitative estimate of drug-likeness (QED) is 0.612. The molecular formula is C20H19Cl2N3O2S. The van der Waals surface area contributed by atoms with E-state index in [0.29, 0.717) is 31.2 Å². The number of hydrogen-bond acceptors (Lipinski definition) is 4. The molecule has 0 N–H and O–H groups in total. The van der Waals surface area contributed by atoms with Gasteiger partial charge in [-0.3, -0.25) is 0 Å². The molecule has 3 aromatic rings. The maximum absolute atomic E-state index is 13.0. The summed E-state index contributed by atoms with van der Waals surface area (Å²) in [5, 5.41) is 1.65. The molecule has 0 saturated carbocycles. The lowest BCUT2D eigenvalue weighted by Crippen LogP contribution is -2.49. The Morgan fingerprint density at radius 1 is 0.964 bits per heavy atom. The summed E-state index contributed by atoms with van der Waals surface area (Å²) in [6.45, 7) is 3.90. The molecule has 1 aliphatic heterocycles. The second-order valence-electron chi connectivity index (χ2n) is 6.78. The minimum absolute atomic E-state index is 0.0507. The molecule has 0 amide bonds. The molecular weight excluding hydrogens is 417 g/mol. The van der Waals surface area contributed by atoms with E-state index in [-0.39, 0.29) is 9.92 Å². The highest BCUT2D eigenvalue weighted by Gasteiger charge is 2.30. The molecule has 0 bridgehead atoms. The van der Waals surface area contributed by atoms with Crippen LogP contribution in [0.5, 0.6) is 0 Å². The molecule has 2 heterocycles. The van der Waals surface area contributed by atoms with Crippen LogP contribution in [-0.4, -0.2) is 43.9 Å². The maximum Gasteiger partial charge on any atom is 0.244 e. The summed E-state index contributed by atoms with van der Waals surface area (Å²) in [6, 6.07) is 14.6. The molecule has 146 valence electrons. The molecule has 1 fully saturated rings. The highest BCUT2D eigenvalue weighted by atomic mass is 35.5. The number of anilines is 1. The van der Waals surface area contributed by atoms with Gasteiger partial charge in [-0.25, -0.2) is 13.4 Å². The zero-order chi connectivity index (χ0) is 19.9. The van der Waals surface area contributed by atoms with Crippen LogP contribution in [0.3, 0.4) is 0 Å². The van der Waals surface area contributed by atoms with E-state index in [1.54, 1.807) is 6.07 Å². The third-order valence-corrected chi connectivity index (χ3v) is 7.60. The van der Waals surface area contributed by atoms with Gasteiger partial charge in [0.15, 0.2) is 0 Å². The number of sulfonamides is 1. The van der Waals surface area contributed by atoms with Crippen molar-refractivity contribution in [2.24, 2.45) is 0 Å². The first-order chi connectivity index (χ1) is 13.4. The number of hydrogen-bond donors (Lipinski definition) is 0. The lowest BCUT2D eigenvalue weighted by Gasteiger charge is -2.35. The molecule has 0 aliphatic carbocycles. The van der Waals surface area contributed by atoms with Crippen molar-refractivity contribution in [1.29, 1.82) is 0 Å². The zero-order valence-corrected chi connectivity index (χ0v) is 17.6. The summed E-state index contributed by atoms with van der Waals surface area (Å²) in [5.74, 6) is 0.869. The largest absolute Gasteiger partial charge is 0.354 e. The molecule has 0 unspecified atom stereocenters. The van der Waals surface area contributed by atoms with E-state index in [0.717, 1.165) is 22.3 Å². The molecule has 4 rings (SSSR count). The SMILES string of the molecule is Cc1cc(N2CCN(S(=O)(=O)c3cc(Cl)ccc3Cl)CC2)nc2ccccc12. The average Bonchev–Trinajstić information content (AvgIpc) is 2.70. The monoisotopic (exact) mass is 435 g/mol. The number of nitrogens with zero attached hydrogens (tertiary/aromatic N) is 3. The zero-order valence-electron chi connectivity index (χ0n) is 15.3. The van der Waals surface area contributed by atoms with E-state index in [1.807, 2.05) is 18.2 Å². The van der Waals surface area contributed by atoms with Gasteiger partial charge in [0, 0.05) is 36.6 Å². The lowest BCUT2D eigenvalue weighted by molar-refractivity contribution is 0.384. The average molecular weight is 436 g/mol. The predicted octanol–water partition coefficient (Wildman–Crippen LogP) is 4.36. The minimum Gasteiger partial charge on any atom is -0.354 e. The van der Waals surface area contributed by atoms with Crippen LogP contribution in [0.25, 0.3) is 10.9 Å². The fourth-order valence-electron chi connectivity index (χ4n) is 3.47. The van der Waals surface area contributed by atoms with Crippen molar-refractivity contribution in [2.75, 3.05) is 31.1 Å². The van der Waals surface area contributed by atoms with Crippen LogP contribution < -0.4 is 4.90 Å². The van der Waals surface area contributed by atoms with Crippen molar-refractivity contribution in [2.45, 2.75) is 11.8 Å². The summed E-state index contributed by atoms with van der Waals surface area (Å²) < 4.78 is 27.4. The lowest BCUT2D eigenvalue weighted by atomic mass is 10.1. The van der Waals surface area contributed by atoms with Crippen LogP contribution in [0.4, 0.5) is 5.82 Å².